The first-order valence-electron chi connectivity index (χ1n) is 18.7. The minimum Gasteiger partial charge on any atom is -0.208 e. The Hall–Kier alpha value is -7.23. The molecule has 1 heterocycles. The normalized spacial score (nSPS) is 11.6. The molecule has 0 spiro atoms. The number of nitrogens with zero attached hydrogens (tertiary/aromatic N) is 3. The van der Waals surface area contributed by atoms with Gasteiger partial charge in [0, 0.05) is 16.7 Å². The van der Waals surface area contributed by atoms with E-state index in [0.717, 1.165) is 39.8 Å². The van der Waals surface area contributed by atoms with Gasteiger partial charge in [-0.3, -0.25) is 0 Å². The van der Waals surface area contributed by atoms with Gasteiger partial charge < -0.3 is 0 Å². The highest BCUT2D eigenvalue weighted by atomic mass is 15.0. The molecule has 10 rings (SSSR count). The maximum absolute atomic E-state index is 5.13. The smallest absolute Gasteiger partial charge is 0.164 e. The van der Waals surface area contributed by atoms with Gasteiger partial charge in [0.1, 0.15) is 0 Å². The fourth-order valence-corrected chi connectivity index (χ4v) is 7.92. The molecule has 0 N–H and O–H groups in total. The lowest BCUT2D eigenvalue weighted by atomic mass is 9.91. The van der Waals surface area contributed by atoms with E-state index in [1.807, 2.05) is 36.4 Å². The van der Waals surface area contributed by atoms with Crippen LogP contribution in [-0.4, -0.2) is 15.0 Å². The highest BCUT2D eigenvalue weighted by Crippen LogP contribution is 2.46. The second-order valence-electron chi connectivity index (χ2n) is 14.0. The molecule has 0 saturated heterocycles. The predicted molar refractivity (Wildman–Crippen MR) is 226 cm³/mol. The molecule has 55 heavy (non-hydrogen) atoms. The summed E-state index contributed by atoms with van der Waals surface area (Å²) in [6.07, 6.45) is 0.847. The maximum atomic E-state index is 5.13. The Kier molecular flexibility index (Phi) is 8.23. The van der Waals surface area contributed by atoms with E-state index in [4.69, 9.17) is 15.0 Å². The van der Waals surface area contributed by atoms with Crippen molar-refractivity contribution in [2.24, 2.45) is 0 Å². The van der Waals surface area contributed by atoms with E-state index in [1.54, 1.807) is 0 Å². The molecule has 8 aromatic carbocycles. The number of rotatable bonds is 7. The van der Waals surface area contributed by atoms with Crippen LogP contribution in [0.1, 0.15) is 11.1 Å². The van der Waals surface area contributed by atoms with Crippen LogP contribution < -0.4 is 0 Å². The van der Waals surface area contributed by atoms with Gasteiger partial charge in [-0.2, -0.15) is 0 Å². The number of fused-ring (bicyclic) bond motifs is 3. The van der Waals surface area contributed by atoms with Crippen molar-refractivity contribution in [1.29, 1.82) is 0 Å². The van der Waals surface area contributed by atoms with Crippen LogP contribution in [0.4, 0.5) is 0 Å². The summed E-state index contributed by atoms with van der Waals surface area (Å²) in [4.78, 5) is 15.2. The molecule has 258 valence electrons. The third-order valence-corrected chi connectivity index (χ3v) is 10.6. The highest BCUT2D eigenvalue weighted by Gasteiger charge is 2.25. The number of aromatic nitrogens is 3. The van der Waals surface area contributed by atoms with Gasteiger partial charge in [-0.05, 0) is 97.4 Å². The van der Waals surface area contributed by atoms with Crippen LogP contribution in [-0.2, 0) is 6.42 Å². The third kappa shape index (κ3) is 6.22. The van der Waals surface area contributed by atoms with Crippen molar-refractivity contribution in [3.05, 3.63) is 211 Å². The van der Waals surface area contributed by atoms with Gasteiger partial charge in [0.15, 0.2) is 17.5 Å². The second-order valence-corrected chi connectivity index (χ2v) is 14.0. The Morgan fingerprint density at radius 2 is 0.582 bits per heavy atom. The van der Waals surface area contributed by atoms with Crippen molar-refractivity contribution in [1.82, 2.24) is 15.0 Å². The van der Waals surface area contributed by atoms with E-state index in [0.29, 0.717) is 17.5 Å². The van der Waals surface area contributed by atoms with Crippen LogP contribution in [0.2, 0.25) is 0 Å². The lowest BCUT2D eigenvalue weighted by Gasteiger charge is -2.14. The standard InChI is InChI=1S/C52H35N3/c1-5-16-35(17-6-1)39-24-13-25-40(30-39)44-26-14-28-46-47-29-15-27-45(49(47)34-48(44)46)42-31-41(36-18-7-2-8-19-36)32-43(33-42)52-54-50(37-20-9-3-10-21-37)53-51(55-52)38-22-11-4-12-23-38/h1-33H,34H2. The van der Waals surface area contributed by atoms with Crippen molar-refractivity contribution < 1.29 is 0 Å². The minimum atomic E-state index is 0.642. The summed E-state index contributed by atoms with van der Waals surface area (Å²) in [5.41, 5.74) is 17.7. The van der Waals surface area contributed by atoms with Crippen molar-refractivity contribution in [2.75, 3.05) is 0 Å². The van der Waals surface area contributed by atoms with Gasteiger partial charge in [-0.25, -0.2) is 15.0 Å². The Labute approximate surface area is 321 Å². The molecule has 3 heteroatoms. The van der Waals surface area contributed by atoms with Crippen molar-refractivity contribution >= 4 is 0 Å². The summed E-state index contributed by atoms with van der Waals surface area (Å²) in [6, 6.07) is 70.8. The molecule has 0 aliphatic heterocycles. The monoisotopic (exact) mass is 701 g/mol. The van der Waals surface area contributed by atoms with Crippen molar-refractivity contribution in [3.8, 4) is 89.8 Å². The first-order valence-corrected chi connectivity index (χ1v) is 18.7. The third-order valence-electron chi connectivity index (χ3n) is 10.6. The number of benzene rings is 8. The van der Waals surface area contributed by atoms with Crippen molar-refractivity contribution in [2.45, 2.75) is 6.42 Å². The molecule has 0 bridgehead atoms. The van der Waals surface area contributed by atoms with Gasteiger partial charge in [0.2, 0.25) is 0 Å². The van der Waals surface area contributed by atoms with Gasteiger partial charge in [-0.1, -0.05) is 176 Å². The van der Waals surface area contributed by atoms with Crippen LogP contribution in [0.5, 0.6) is 0 Å². The Morgan fingerprint density at radius 3 is 1.13 bits per heavy atom. The second kappa shape index (κ2) is 14.0. The summed E-state index contributed by atoms with van der Waals surface area (Å²) in [5.74, 6) is 1.94. The number of hydrogen-bond donors (Lipinski definition) is 0. The van der Waals surface area contributed by atoms with Crippen LogP contribution in [0.3, 0.4) is 0 Å². The zero-order valence-corrected chi connectivity index (χ0v) is 30.1. The van der Waals surface area contributed by atoms with Crippen LogP contribution in [0, 0.1) is 0 Å². The molecule has 1 aliphatic carbocycles. The molecule has 0 amide bonds. The summed E-state index contributed by atoms with van der Waals surface area (Å²) in [5, 5.41) is 0. The Morgan fingerprint density at radius 1 is 0.236 bits per heavy atom. The average Bonchev–Trinajstić information content (AvgIpc) is 3.67. The first kappa shape index (κ1) is 32.4. The van der Waals surface area contributed by atoms with E-state index in [-0.39, 0.29) is 0 Å². The first-order chi connectivity index (χ1) is 27.2. The lowest BCUT2D eigenvalue weighted by Crippen LogP contribution is -2.00. The van der Waals surface area contributed by atoms with E-state index in [2.05, 4.69) is 164 Å². The molecule has 0 fully saturated rings. The van der Waals surface area contributed by atoms with Gasteiger partial charge >= 0.3 is 0 Å². The topological polar surface area (TPSA) is 38.7 Å². The molecule has 0 unspecified atom stereocenters. The summed E-state index contributed by atoms with van der Waals surface area (Å²) in [7, 11) is 0. The molecule has 1 aromatic heterocycles. The van der Waals surface area contributed by atoms with Gasteiger partial charge in [-0.15, -0.1) is 0 Å². The zero-order chi connectivity index (χ0) is 36.6. The fourth-order valence-electron chi connectivity index (χ4n) is 7.92. The Bertz CT molecular complexity index is 2760. The predicted octanol–water partition coefficient (Wildman–Crippen LogP) is 13.1. The number of hydrogen-bond acceptors (Lipinski definition) is 3. The quantitative estimate of drug-likeness (QED) is 0.166. The largest absolute Gasteiger partial charge is 0.208 e. The van der Waals surface area contributed by atoms with Crippen LogP contribution in [0.15, 0.2) is 200 Å². The molecular formula is C52H35N3. The molecule has 0 radical (unpaired) electrons. The van der Waals surface area contributed by atoms with E-state index >= 15 is 0 Å². The van der Waals surface area contributed by atoms with Crippen molar-refractivity contribution in [3.63, 3.8) is 0 Å². The average molecular weight is 702 g/mol. The molecule has 3 nitrogen and oxygen atoms in total. The fraction of sp³-hybridized carbons (Fsp3) is 0.0192. The summed E-state index contributed by atoms with van der Waals surface area (Å²) in [6.45, 7) is 0. The van der Waals surface area contributed by atoms with E-state index in [1.165, 1.54) is 50.1 Å². The molecular weight excluding hydrogens is 667 g/mol. The van der Waals surface area contributed by atoms with Gasteiger partial charge in [0.25, 0.3) is 0 Å². The summed E-state index contributed by atoms with van der Waals surface area (Å²) < 4.78 is 0. The van der Waals surface area contributed by atoms with Gasteiger partial charge in [0.05, 0.1) is 0 Å². The van der Waals surface area contributed by atoms with E-state index in [9.17, 15) is 0 Å². The summed E-state index contributed by atoms with van der Waals surface area (Å²) >= 11 is 0. The Balaban J connectivity index is 1.12. The molecule has 0 saturated carbocycles. The molecule has 0 atom stereocenters. The minimum absolute atomic E-state index is 0.642. The van der Waals surface area contributed by atoms with Crippen LogP contribution >= 0.6 is 0 Å². The van der Waals surface area contributed by atoms with Crippen LogP contribution in [0.25, 0.3) is 89.8 Å². The molecule has 9 aromatic rings. The maximum Gasteiger partial charge on any atom is 0.164 e. The van der Waals surface area contributed by atoms with E-state index < -0.39 is 0 Å². The molecule has 1 aliphatic rings. The SMILES string of the molecule is c1ccc(-c2cccc(-c3cccc4c3Cc3c(-c5cc(-c6ccccc6)cc(-c6nc(-c7ccccc7)nc(-c7ccccc7)n6)c5)cccc3-4)c2)cc1. The zero-order valence-electron chi connectivity index (χ0n) is 30.1. The highest BCUT2D eigenvalue weighted by molar-refractivity contribution is 5.91. The lowest BCUT2D eigenvalue weighted by molar-refractivity contribution is 1.07.